The molecule has 1 aliphatic heterocycles. The van der Waals surface area contributed by atoms with Gasteiger partial charge in [0, 0.05) is 43.2 Å². The van der Waals surface area contributed by atoms with Crippen LogP contribution >= 0.6 is 0 Å². The maximum atomic E-state index is 13.9. The smallest absolute Gasteiger partial charge is 0.416 e. The van der Waals surface area contributed by atoms with Gasteiger partial charge in [-0.2, -0.15) is 23.5 Å². The SMILES string of the molecule is CN(C(=O)n1ccc2c(-c3cnn([C@H](CC#N)C4CCCC4)c3)ncnc21)c1cc(C(F)(F)F)ccc1O[C@H]1C[C@@H](O)C[C@@H](C(=O)O)O1. The van der Waals surface area contributed by atoms with Gasteiger partial charge in [0.2, 0.25) is 6.29 Å². The van der Waals surface area contributed by atoms with E-state index in [2.05, 4.69) is 21.1 Å². The fraction of sp³-hybridized carbons (Fsp3) is 0.438. The minimum atomic E-state index is -4.75. The number of aliphatic hydroxyl groups is 1. The number of benzene rings is 1. The van der Waals surface area contributed by atoms with Crippen LogP contribution in [0.25, 0.3) is 22.3 Å². The van der Waals surface area contributed by atoms with Crippen LogP contribution in [0.4, 0.5) is 23.7 Å². The number of alkyl halides is 3. The number of aliphatic carboxylic acids is 1. The number of anilines is 1. The van der Waals surface area contributed by atoms with Gasteiger partial charge in [0.1, 0.15) is 12.1 Å². The van der Waals surface area contributed by atoms with Crippen LogP contribution in [0.3, 0.4) is 0 Å². The number of rotatable bonds is 8. The Kier molecular flexibility index (Phi) is 9.08. The fourth-order valence-corrected chi connectivity index (χ4v) is 6.45. The number of hydrogen-bond donors (Lipinski definition) is 2. The van der Waals surface area contributed by atoms with Gasteiger partial charge in [-0.3, -0.25) is 14.1 Å². The summed E-state index contributed by atoms with van der Waals surface area (Å²) in [6.07, 6.45) is 1.88. The number of aromatic nitrogens is 5. The summed E-state index contributed by atoms with van der Waals surface area (Å²) in [6.45, 7) is 0. The van der Waals surface area contributed by atoms with Crippen LogP contribution in [0, 0.1) is 17.2 Å². The van der Waals surface area contributed by atoms with E-state index < -0.39 is 42.2 Å². The van der Waals surface area contributed by atoms with Crippen molar-refractivity contribution in [2.75, 3.05) is 11.9 Å². The maximum Gasteiger partial charge on any atom is 0.416 e. The van der Waals surface area contributed by atoms with E-state index in [1.54, 1.807) is 16.9 Å². The molecule has 1 aromatic carbocycles. The lowest BCUT2D eigenvalue weighted by Gasteiger charge is -2.32. The molecule has 2 fully saturated rings. The number of carboxylic acid groups (broad SMARTS) is 1. The monoisotopic (exact) mass is 667 g/mol. The number of ether oxygens (including phenoxy) is 2. The normalized spacial score (nSPS) is 20.8. The predicted molar refractivity (Wildman–Crippen MR) is 163 cm³/mol. The molecule has 48 heavy (non-hydrogen) atoms. The predicted octanol–water partition coefficient (Wildman–Crippen LogP) is 5.39. The second-order valence-electron chi connectivity index (χ2n) is 12.0. The summed E-state index contributed by atoms with van der Waals surface area (Å²) in [5.74, 6) is -1.18. The average molecular weight is 668 g/mol. The summed E-state index contributed by atoms with van der Waals surface area (Å²) >= 11 is 0. The highest BCUT2D eigenvalue weighted by Crippen LogP contribution is 2.39. The third-order valence-electron chi connectivity index (χ3n) is 8.88. The molecule has 0 spiro atoms. The molecule has 2 aliphatic rings. The Morgan fingerprint density at radius 2 is 1.98 bits per heavy atom. The summed E-state index contributed by atoms with van der Waals surface area (Å²) in [6, 6.07) is 5.54. The summed E-state index contributed by atoms with van der Waals surface area (Å²) in [5.41, 5.74) is -0.0232. The molecule has 0 unspecified atom stereocenters. The van der Waals surface area contributed by atoms with Gasteiger partial charge >= 0.3 is 18.2 Å². The van der Waals surface area contributed by atoms with Crippen LogP contribution in [0.2, 0.25) is 0 Å². The van der Waals surface area contributed by atoms with Crippen molar-refractivity contribution in [1.82, 2.24) is 24.3 Å². The zero-order valence-corrected chi connectivity index (χ0v) is 25.7. The highest BCUT2D eigenvalue weighted by molar-refractivity contribution is 6.02. The molecule has 16 heteroatoms. The van der Waals surface area contributed by atoms with Crippen molar-refractivity contribution in [2.45, 2.75) is 75.7 Å². The topological polar surface area (TPSA) is 169 Å². The zero-order chi connectivity index (χ0) is 34.2. The number of carboxylic acids is 1. The van der Waals surface area contributed by atoms with E-state index >= 15 is 0 Å². The molecule has 4 atom stereocenters. The summed E-state index contributed by atoms with van der Waals surface area (Å²) in [7, 11) is 1.26. The average Bonchev–Trinajstić information content (AvgIpc) is 3.84. The van der Waals surface area contributed by atoms with Crippen molar-refractivity contribution >= 4 is 28.7 Å². The van der Waals surface area contributed by atoms with Crippen molar-refractivity contribution in [3.63, 3.8) is 0 Å². The first-order chi connectivity index (χ1) is 22.9. The fourth-order valence-electron chi connectivity index (χ4n) is 6.45. The molecule has 4 heterocycles. The van der Waals surface area contributed by atoms with Gasteiger partial charge in [-0.05, 0) is 43.0 Å². The summed E-state index contributed by atoms with van der Waals surface area (Å²) in [5, 5.41) is 34.0. The third-order valence-corrected chi connectivity index (χ3v) is 8.88. The minimum absolute atomic E-state index is 0.0791. The molecule has 252 valence electrons. The van der Waals surface area contributed by atoms with Gasteiger partial charge in [-0.1, -0.05) is 12.8 Å². The molecule has 1 saturated carbocycles. The van der Waals surface area contributed by atoms with E-state index in [1.807, 2.05) is 6.20 Å². The lowest BCUT2D eigenvalue weighted by atomic mass is 9.96. The number of carbonyl (C=O) groups excluding carboxylic acids is 1. The standard InChI is InChI=1S/C32H32F3N7O6/c1-40(24-12-20(32(33,34)35)6-7-25(24)47-27-14-21(43)13-26(48-27)30(44)45)31(46)41-11-9-22-28(37-17-38-29(22)41)19-15-39-42(16-19)23(8-10-36)18-4-2-3-5-18/h6-7,9,11-12,15-18,21,23,26-27,43H,2-5,8,13-14H2,1H3,(H,44,45)/t21-,23+,26-,27+/m0/s1. The number of carbonyl (C=O) groups is 2. The first-order valence-corrected chi connectivity index (χ1v) is 15.4. The highest BCUT2D eigenvalue weighted by atomic mass is 19.4. The number of nitrogens with zero attached hydrogens (tertiary/aromatic N) is 7. The Labute approximate surface area is 272 Å². The van der Waals surface area contributed by atoms with E-state index in [4.69, 9.17) is 9.47 Å². The van der Waals surface area contributed by atoms with E-state index in [9.17, 15) is 38.2 Å². The van der Waals surface area contributed by atoms with Crippen molar-refractivity contribution in [2.24, 2.45) is 5.92 Å². The van der Waals surface area contributed by atoms with Crippen molar-refractivity contribution in [3.8, 4) is 23.1 Å². The second-order valence-corrected chi connectivity index (χ2v) is 12.0. The van der Waals surface area contributed by atoms with Gasteiger partial charge in [-0.25, -0.2) is 19.6 Å². The highest BCUT2D eigenvalue weighted by Gasteiger charge is 2.36. The molecule has 3 aromatic heterocycles. The molecule has 1 saturated heterocycles. The Morgan fingerprint density at radius 1 is 1.21 bits per heavy atom. The molecule has 6 rings (SSSR count). The molecule has 0 bridgehead atoms. The molecule has 1 aliphatic carbocycles. The van der Waals surface area contributed by atoms with E-state index in [0.29, 0.717) is 29.0 Å². The van der Waals surface area contributed by atoms with Crippen molar-refractivity contribution in [1.29, 1.82) is 5.26 Å². The van der Waals surface area contributed by atoms with E-state index in [0.717, 1.165) is 53.3 Å². The van der Waals surface area contributed by atoms with Crippen molar-refractivity contribution < 1.29 is 42.4 Å². The summed E-state index contributed by atoms with van der Waals surface area (Å²) < 4.78 is 55.4. The van der Waals surface area contributed by atoms with Gasteiger partial charge in [0.25, 0.3) is 0 Å². The van der Waals surface area contributed by atoms with Crippen LogP contribution in [0.5, 0.6) is 5.75 Å². The Balaban J connectivity index is 1.31. The number of nitriles is 1. The van der Waals surface area contributed by atoms with Crippen molar-refractivity contribution in [3.05, 3.63) is 54.7 Å². The molecular weight excluding hydrogens is 635 g/mol. The maximum absolute atomic E-state index is 13.9. The molecule has 1 amide bonds. The Hall–Kier alpha value is -5.01. The largest absolute Gasteiger partial charge is 0.479 e. The number of amides is 1. The van der Waals surface area contributed by atoms with Crippen LogP contribution in [-0.2, 0) is 15.7 Å². The molecule has 4 aromatic rings. The third kappa shape index (κ3) is 6.56. The first-order valence-electron chi connectivity index (χ1n) is 15.4. The second kappa shape index (κ2) is 13.2. The van der Waals surface area contributed by atoms with Gasteiger partial charge < -0.3 is 19.7 Å². The molecular formula is C32H32F3N7O6. The lowest BCUT2D eigenvalue weighted by Crippen LogP contribution is -2.42. The lowest BCUT2D eigenvalue weighted by molar-refractivity contribution is -0.195. The van der Waals surface area contributed by atoms with Gasteiger partial charge in [-0.15, -0.1) is 0 Å². The van der Waals surface area contributed by atoms with Crippen LogP contribution < -0.4 is 9.64 Å². The van der Waals surface area contributed by atoms with Crippen LogP contribution in [0.1, 0.15) is 56.6 Å². The van der Waals surface area contributed by atoms with E-state index in [1.165, 1.54) is 19.6 Å². The zero-order valence-electron chi connectivity index (χ0n) is 25.7. The quantitative estimate of drug-likeness (QED) is 0.248. The number of aliphatic hydroxyl groups excluding tert-OH is 1. The minimum Gasteiger partial charge on any atom is -0.479 e. The Morgan fingerprint density at radius 3 is 2.69 bits per heavy atom. The first kappa shape index (κ1) is 32.9. The summed E-state index contributed by atoms with van der Waals surface area (Å²) in [4.78, 5) is 35.0. The Bertz CT molecular complexity index is 1860. The molecule has 13 nitrogen and oxygen atoms in total. The number of hydrogen-bond acceptors (Lipinski definition) is 9. The number of fused-ring (bicyclic) bond motifs is 1. The van der Waals surface area contributed by atoms with Gasteiger partial charge in [0.15, 0.2) is 11.8 Å². The van der Waals surface area contributed by atoms with E-state index in [-0.39, 0.29) is 36.0 Å². The van der Waals surface area contributed by atoms with Crippen LogP contribution in [0.15, 0.2) is 49.2 Å². The number of halogens is 3. The molecule has 0 radical (unpaired) electrons. The van der Waals surface area contributed by atoms with Crippen LogP contribution in [-0.4, -0.2) is 72.1 Å². The molecule has 2 N–H and O–H groups in total. The van der Waals surface area contributed by atoms with Gasteiger partial charge in [0.05, 0.1) is 47.8 Å².